The number of hydrogen-bond donors (Lipinski definition) is 2. The minimum Gasteiger partial charge on any atom is -0.481 e. The van der Waals surface area contributed by atoms with E-state index in [2.05, 4.69) is 5.32 Å². The molecule has 1 atom stereocenters. The normalized spacial score (nSPS) is 14.9. The van der Waals surface area contributed by atoms with Gasteiger partial charge in [0.15, 0.2) is 9.84 Å². The van der Waals surface area contributed by atoms with Gasteiger partial charge in [-0.15, -0.1) is 0 Å². The molecule has 0 aliphatic rings. The molecular weight excluding hydrogens is 218 g/mol. The molecule has 0 saturated heterocycles. The van der Waals surface area contributed by atoms with E-state index in [1.54, 1.807) is 20.8 Å². The Morgan fingerprint density at radius 3 is 2.27 bits per heavy atom. The highest BCUT2D eigenvalue weighted by Gasteiger charge is 2.29. The molecule has 0 amide bonds. The Bertz CT molecular complexity index is 321. The summed E-state index contributed by atoms with van der Waals surface area (Å²) in [6.45, 7) is 5.32. The molecule has 0 bridgehead atoms. The van der Waals surface area contributed by atoms with Crippen LogP contribution in [-0.4, -0.2) is 43.6 Å². The predicted octanol–water partition coefficient (Wildman–Crippen LogP) is 0.120. The van der Waals surface area contributed by atoms with Crippen molar-refractivity contribution in [3.63, 3.8) is 0 Å². The highest BCUT2D eigenvalue weighted by Crippen LogP contribution is 2.13. The molecule has 6 heteroatoms. The first-order chi connectivity index (χ1) is 6.58. The Morgan fingerprint density at radius 2 is 1.93 bits per heavy atom. The quantitative estimate of drug-likeness (QED) is 0.685. The highest BCUT2D eigenvalue weighted by molar-refractivity contribution is 7.92. The maximum atomic E-state index is 11.3. The predicted molar refractivity (Wildman–Crippen MR) is 58.6 cm³/mol. The molecule has 0 spiro atoms. The van der Waals surface area contributed by atoms with E-state index in [1.807, 2.05) is 0 Å². The van der Waals surface area contributed by atoms with E-state index in [1.165, 1.54) is 6.26 Å². The molecule has 0 aliphatic heterocycles. The molecule has 2 N–H and O–H groups in total. The summed E-state index contributed by atoms with van der Waals surface area (Å²) >= 11 is 0. The number of rotatable bonds is 6. The van der Waals surface area contributed by atoms with E-state index in [0.29, 0.717) is 0 Å². The zero-order valence-electron chi connectivity index (χ0n) is 9.57. The van der Waals surface area contributed by atoms with Crippen LogP contribution in [0.5, 0.6) is 0 Å². The van der Waals surface area contributed by atoms with Gasteiger partial charge < -0.3 is 10.4 Å². The van der Waals surface area contributed by atoms with E-state index < -0.39 is 26.5 Å². The van der Waals surface area contributed by atoms with Crippen molar-refractivity contribution in [2.75, 3.05) is 19.3 Å². The number of carbonyl (C=O) groups is 1. The number of carboxylic acids is 1. The molecule has 15 heavy (non-hydrogen) atoms. The van der Waals surface area contributed by atoms with Crippen LogP contribution < -0.4 is 5.32 Å². The Kier molecular flexibility index (Phi) is 4.73. The lowest BCUT2D eigenvalue weighted by Crippen LogP contribution is -2.43. The summed E-state index contributed by atoms with van der Waals surface area (Å²) in [4.78, 5) is 10.5. The average molecular weight is 237 g/mol. The summed E-state index contributed by atoms with van der Waals surface area (Å²) < 4.78 is 21.7. The van der Waals surface area contributed by atoms with Gasteiger partial charge in [0.2, 0.25) is 0 Å². The van der Waals surface area contributed by atoms with Crippen LogP contribution in [-0.2, 0) is 14.6 Å². The lowest BCUT2D eigenvalue weighted by molar-refractivity contribution is -0.140. The van der Waals surface area contributed by atoms with Gasteiger partial charge >= 0.3 is 5.97 Å². The third-order valence-electron chi connectivity index (χ3n) is 2.43. The van der Waals surface area contributed by atoms with Crippen LogP contribution >= 0.6 is 0 Å². The van der Waals surface area contributed by atoms with Crippen molar-refractivity contribution in [2.45, 2.75) is 25.5 Å². The zero-order chi connectivity index (χ0) is 12.3. The summed E-state index contributed by atoms with van der Waals surface area (Å²) in [5, 5.41) is 11.5. The Balaban J connectivity index is 4.13. The maximum absolute atomic E-state index is 11.3. The largest absolute Gasteiger partial charge is 0.481 e. The van der Waals surface area contributed by atoms with Crippen LogP contribution in [0.15, 0.2) is 0 Å². The molecule has 0 aliphatic carbocycles. The summed E-state index contributed by atoms with van der Waals surface area (Å²) in [5.74, 6) is -1.40. The minimum absolute atomic E-state index is 0.253. The van der Waals surface area contributed by atoms with Crippen molar-refractivity contribution in [1.29, 1.82) is 0 Å². The maximum Gasteiger partial charge on any atom is 0.307 e. The van der Waals surface area contributed by atoms with Crippen LogP contribution in [0.3, 0.4) is 0 Å². The smallest absolute Gasteiger partial charge is 0.307 e. The Morgan fingerprint density at radius 1 is 1.47 bits per heavy atom. The molecule has 0 heterocycles. The second-order valence-electron chi connectivity index (χ2n) is 4.40. The van der Waals surface area contributed by atoms with Crippen molar-refractivity contribution in [3.05, 3.63) is 0 Å². The molecular formula is C9H19NO4S. The summed E-state index contributed by atoms with van der Waals surface area (Å²) in [6, 6.07) is 0. The third-order valence-corrected chi connectivity index (χ3v) is 4.58. The molecule has 1 unspecified atom stereocenters. The van der Waals surface area contributed by atoms with Gasteiger partial charge in [-0.2, -0.15) is 0 Å². The van der Waals surface area contributed by atoms with Gasteiger partial charge in [-0.05, 0) is 13.8 Å². The van der Waals surface area contributed by atoms with Gasteiger partial charge in [-0.25, -0.2) is 8.42 Å². The fourth-order valence-electron chi connectivity index (χ4n) is 0.808. The summed E-state index contributed by atoms with van der Waals surface area (Å²) in [6.07, 6.45) is 1.18. The number of carboxylic acid groups (broad SMARTS) is 1. The number of hydrogen-bond acceptors (Lipinski definition) is 4. The minimum atomic E-state index is -3.13. The Hall–Kier alpha value is -0.620. The van der Waals surface area contributed by atoms with Gasteiger partial charge in [-0.3, -0.25) is 4.79 Å². The number of nitrogens with one attached hydrogen (secondary N) is 1. The molecule has 0 rings (SSSR count). The summed E-state index contributed by atoms with van der Waals surface area (Å²) in [5.41, 5.74) is 0. The van der Waals surface area contributed by atoms with Gasteiger partial charge in [0.1, 0.15) is 0 Å². The van der Waals surface area contributed by atoms with Crippen molar-refractivity contribution >= 4 is 15.8 Å². The van der Waals surface area contributed by atoms with Crippen LogP contribution in [0.2, 0.25) is 0 Å². The first-order valence-corrected chi connectivity index (χ1v) is 6.60. The van der Waals surface area contributed by atoms with Crippen molar-refractivity contribution in [3.8, 4) is 0 Å². The van der Waals surface area contributed by atoms with Crippen molar-refractivity contribution < 1.29 is 18.3 Å². The molecule has 0 aromatic rings. The molecule has 0 fully saturated rings. The van der Waals surface area contributed by atoms with Gasteiger partial charge in [-0.1, -0.05) is 6.92 Å². The first kappa shape index (κ1) is 14.4. The van der Waals surface area contributed by atoms with Crippen LogP contribution in [0.1, 0.15) is 20.8 Å². The van der Waals surface area contributed by atoms with Crippen molar-refractivity contribution in [1.82, 2.24) is 5.32 Å². The second kappa shape index (κ2) is 4.94. The van der Waals surface area contributed by atoms with Gasteiger partial charge in [0.25, 0.3) is 0 Å². The molecule has 0 aromatic heterocycles. The van der Waals surface area contributed by atoms with E-state index in [-0.39, 0.29) is 13.1 Å². The molecule has 0 radical (unpaired) electrons. The zero-order valence-corrected chi connectivity index (χ0v) is 10.4. The monoisotopic (exact) mass is 237 g/mol. The molecule has 5 nitrogen and oxygen atoms in total. The lowest BCUT2D eigenvalue weighted by atomic mass is 10.1. The van der Waals surface area contributed by atoms with Gasteiger partial charge in [0, 0.05) is 19.3 Å². The molecule has 0 aromatic carbocycles. The van der Waals surface area contributed by atoms with Gasteiger partial charge in [0.05, 0.1) is 10.7 Å². The molecule has 90 valence electrons. The third kappa shape index (κ3) is 4.61. The van der Waals surface area contributed by atoms with E-state index >= 15 is 0 Å². The SMILES string of the molecule is CC(CNCC(C)(C)S(C)(=O)=O)C(=O)O. The highest BCUT2D eigenvalue weighted by atomic mass is 32.2. The van der Waals surface area contributed by atoms with Crippen LogP contribution in [0, 0.1) is 5.92 Å². The standard InChI is InChI=1S/C9H19NO4S/c1-7(8(11)12)5-10-6-9(2,3)15(4,13)14/h7,10H,5-6H2,1-4H3,(H,11,12). The van der Waals surface area contributed by atoms with Crippen LogP contribution in [0.25, 0.3) is 0 Å². The fourth-order valence-corrected chi connectivity index (χ4v) is 1.17. The lowest BCUT2D eigenvalue weighted by Gasteiger charge is -2.23. The number of aliphatic carboxylic acids is 1. The van der Waals surface area contributed by atoms with Crippen molar-refractivity contribution in [2.24, 2.45) is 5.92 Å². The Labute approximate surface area is 90.8 Å². The number of sulfone groups is 1. The second-order valence-corrected chi connectivity index (χ2v) is 7.05. The van der Waals surface area contributed by atoms with E-state index in [4.69, 9.17) is 5.11 Å². The van der Waals surface area contributed by atoms with E-state index in [9.17, 15) is 13.2 Å². The summed E-state index contributed by atoms with van der Waals surface area (Å²) in [7, 11) is -3.13. The van der Waals surface area contributed by atoms with Crippen LogP contribution in [0.4, 0.5) is 0 Å². The average Bonchev–Trinajstić information content (AvgIpc) is 2.01. The fraction of sp³-hybridized carbons (Fsp3) is 0.889. The topological polar surface area (TPSA) is 83.5 Å². The van der Waals surface area contributed by atoms with E-state index in [0.717, 1.165) is 0 Å². The molecule has 0 saturated carbocycles. The first-order valence-electron chi connectivity index (χ1n) is 4.71.